The molecular weight excluding hydrogens is 392 g/mol. The van der Waals surface area contributed by atoms with Gasteiger partial charge in [0.05, 0.1) is 0 Å². The standard InChI is InChI=1S/C25H32N2O4/c1-18(17-23-27-21-8-4-5-9-22(21)30-23)14-16-26-15-6-7-19-10-12-20(13-11-19)31-25(2,3)24(28)29/h4-5,8-13,18,26H,6-7,14-17H2,1-3H3,(H,28,29). The van der Waals surface area contributed by atoms with Gasteiger partial charge in [-0.05, 0) is 81.9 Å². The Morgan fingerprint density at radius 1 is 1.16 bits per heavy atom. The van der Waals surface area contributed by atoms with Crippen molar-refractivity contribution in [3.05, 3.63) is 60.0 Å². The van der Waals surface area contributed by atoms with E-state index in [1.807, 2.05) is 48.5 Å². The van der Waals surface area contributed by atoms with Crippen LogP contribution >= 0.6 is 0 Å². The number of ether oxygens (including phenoxy) is 1. The molecule has 2 aromatic carbocycles. The molecule has 1 unspecified atom stereocenters. The fourth-order valence-electron chi connectivity index (χ4n) is 3.36. The van der Waals surface area contributed by atoms with Crippen molar-refractivity contribution in [3.8, 4) is 5.75 Å². The van der Waals surface area contributed by atoms with Gasteiger partial charge in [0.25, 0.3) is 0 Å². The lowest BCUT2D eigenvalue weighted by molar-refractivity contribution is -0.152. The van der Waals surface area contributed by atoms with Crippen molar-refractivity contribution in [1.82, 2.24) is 10.3 Å². The van der Waals surface area contributed by atoms with E-state index in [0.29, 0.717) is 11.7 Å². The number of aryl methyl sites for hydroxylation is 1. The first-order chi connectivity index (χ1) is 14.8. The lowest BCUT2D eigenvalue weighted by Gasteiger charge is -2.21. The fraction of sp³-hybridized carbons (Fsp3) is 0.440. The van der Waals surface area contributed by atoms with E-state index in [0.717, 1.165) is 55.8 Å². The van der Waals surface area contributed by atoms with Crippen molar-refractivity contribution in [3.63, 3.8) is 0 Å². The summed E-state index contributed by atoms with van der Waals surface area (Å²) >= 11 is 0. The van der Waals surface area contributed by atoms with E-state index in [1.165, 1.54) is 5.56 Å². The molecule has 2 N–H and O–H groups in total. The molecule has 0 saturated carbocycles. The molecule has 0 fully saturated rings. The minimum atomic E-state index is -1.23. The molecule has 0 spiro atoms. The third kappa shape index (κ3) is 6.82. The normalized spacial score (nSPS) is 12.7. The molecule has 0 radical (unpaired) electrons. The summed E-state index contributed by atoms with van der Waals surface area (Å²) in [5.74, 6) is 0.907. The van der Waals surface area contributed by atoms with Crippen LogP contribution in [-0.2, 0) is 17.6 Å². The second-order valence-corrected chi connectivity index (χ2v) is 8.59. The van der Waals surface area contributed by atoms with Crippen molar-refractivity contribution < 1.29 is 19.1 Å². The van der Waals surface area contributed by atoms with Gasteiger partial charge < -0.3 is 19.6 Å². The third-order valence-corrected chi connectivity index (χ3v) is 5.31. The Hall–Kier alpha value is -2.86. The van der Waals surface area contributed by atoms with Crippen LogP contribution in [0.5, 0.6) is 5.75 Å². The number of aliphatic carboxylic acids is 1. The molecule has 6 nitrogen and oxygen atoms in total. The minimum Gasteiger partial charge on any atom is -0.478 e. The van der Waals surface area contributed by atoms with Gasteiger partial charge in [0, 0.05) is 6.42 Å². The number of carboxylic acid groups (broad SMARTS) is 1. The van der Waals surface area contributed by atoms with E-state index in [1.54, 1.807) is 13.8 Å². The minimum absolute atomic E-state index is 0.503. The van der Waals surface area contributed by atoms with Crippen LogP contribution < -0.4 is 10.1 Å². The van der Waals surface area contributed by atoms with Crippen LogP contribution in [0.2, 0.25) is 0 Å². The largest absolute Gasteiger partial charge is 0.478 e. The summed E-state index contributed by atoms with van der Waals surface area (Å²) in [6, 6.07) is 15.5. The van der Waals surface area contributed by atoms with Crippen LogP contribution in [0.25, 0.3) is 11.1 Å². The van der Waals surface area contributed by atoms with E-state index in [-0.39, 0.29) is 0 Å². The Bertz CT molecular complexity index is 946. The molecule has 166 valence electrons. The zero-order valence-corrected chi connectivity index (χ0v) is 18.6. The Balaban J connectivity index is 1.30. The average Bonchev–Trinajstić information content (AvgIpc) is 3.13. The number of carboxylic acids is 1. The van der Waals surface area contributed by atoms with Gasteiger partial charge in [-0.15, -0.1) is 0 Å². The van der Waals surface area contributed by atoms with Gasteiger partial charge in [-0.3, -0.25) is 0 Å². The molecule has 1 atom stereocenters. The van der Waals surface area contributed by atoms with Gasteiger partial charge in [0.1, 0.15) is 11.3 Å². The highest BCUT2D eigenvalue weighted by Gasteiger charge is 2.29. The number of rotatable bonds is 12. The molecule has 31 heavy (non-hydrogen) atoms. The number of nitrogens with one attached hydrogen (secondary N) is 1. The SMILES string of the molecule is CC(CCNCCCc1ccc(OC(C)(C)C(=O)O)cc1)Cc1nc2ccccc2o1. The zero-order valence-electron chi connectivity index (χ0n) is 18.6. The van der Waals surface area contributed by atoms with Gasteiger partial charge in [0.2, 0.25) is 0 Å². The highest BCUT2D eigenvalue weighted by atomic mass is 16.5. The number of hydrogen-bond acceptors (Lipinski definition) is 5. The average molecular weight is 425 g/mol. The monoisotopic (exact) mass is 424 g/mol. The summed E-state index contributed by atoms with van der Waals surface area (Å²) in [5, 5.41) is 12.7. The highest BCUT2D eigenvalue weighted by Crippen LogP contribution is 2.20. The predicted octanol–water partition coefficient (Wildman–Crippen LogP) is 4.86. The van der Waals surface area contributed by atoms with Gasteiger partial charge in [-0.25, -0.2) is 9.78 Å². The van der Waals surface area contributed by atoms with Crippen molar-refractivity contribution >= 4 is 17.1 Å². The summed E-state index contributed by atoms with van der Waals surface area (Å²) in [4.78, 5) is 15.7. The number of hydrogen-bond donors (Lipinski definition) is 2. The van der Waals surface area contributed by atoms with Crippen LogP contribution in [0.1, 0.15) is 45.1 Å². The van der Waals surface area contributed by atoms with Gasteiger partial charge >= 0.3 is 5.97 Å². The summed E-state index contributed by atoms with van der Waals surface area (Å²) in [7, 11) is 0. The van der Waals surface area contributed by atoms with Crippen molar-refractivity contribution in [2.24, 2.45) is 5.92 Å². The third-order valence-electron chi connectivity index (χ3n) is 5.31. The number of oxazole rings is 1. The maximum Gasteiger partial charge on any atom is 0.347 e. The van der Waals surface area contributed by atoms with Crippen molar-refractivity contribution in [2.45, 2.75) is 52.1 Å². The Morgan fingerprint density at radius 2 is 1.90 bits per heavy atom. The van der Waals surface area contributed by atoms with E-state index in [9.17, 15) is 4.79 Å². The molecule has 6 heteroatoms. The number of fused-ring (bicyclic) bond motifs is 1. The van der Waals surface area contributed by atoms with E-state index >= 15 is 0 Å². The second-order valence-electron chi connectivity index (χ2n) is 8.59. The van der Waals surface area contributed by atoms with E-state index in [4.69, 9.17) is 14.3 Å². The number of nitrogens with zero attached hydrogens (tertiary/aromatic N) is 1. The lowest BCUT2D eigenvalue weighted by atomic mass is 10.0. The van der Waals surface area contributed by atoms with Crippen LogP contribution in [-0.4, -0.2) is 34.8 Å². The first kappa shape index (κ1) is 22.8. The fourth-order valence-corrected chi connectivity index (χ4v) is 3.36. The molecule has 1 aromatic heterocycles. The molecule has 1 heterocycles. The summed E-state index contributed by atoms with van der Waals surface area (Å²) in [5.41, 5.74) is 1.76. The Kier molecular flexibility index (Phi) is 7.69. The number of aromatic nitrogens is 1. The second kappa shape index (κ2) is 10.4. The smallest absolute Gasteiger partial charge is 0.347 e. The summed E-state index contributed by atoms with van der Waals surface area (Å²) < 4.78 is 11.3. The van der Waals surface area contributed by atoms with Crippen LogP contribution in [0.4, 0.5) is 0 Å². The summed E-state index contributed by atoms with van der Waals surface area (Å²) in [6.45, 7) is 7.25. The molecule has 3 rings (SSSR count). The number of benzene rings is 2. The number of carbonyl (C=O) groups is 1. The molecule has 0 aliphatic heterocycles. The van der Waals surface area contributed by atoms with Crippen molar-refractivity contribution in [2.75, 3.05) is 13.1 Å². The molecule has 0 aliphatic rings. The molecule has 0 bridgehead atoms. The summed E-state index contributed by atoms with van der Waals surface area (Å²) in [6.07, 6.45) is 3.93. The molecule has 3 aromatic rings. The predicted molar refractivity (Wildman–Crippen MR) is 121 cm³/mol. The topological polar surface area (TPSA) is 84.6 Å². The zero-order chi connectivity index (χ0) is 22.3. The highest BCUT2D eigenvalue weighted by molar-refractivity contribution is 5.76. The maximum absolute atomic E-state index is 11.2. The maximum atomic E-state index is 11.2. The quantitative estimate of drug-likeness (QED) is 0.404. The van der Waals surface area contributed by atoms with Crippen LogP contribution in [0, 0.1) is 5.92 Å². The van der Waals surface area contributed by atoms with Crippen LogP contribution in [0.3, 0.4) is 0 Å². The van der Waals surface area contributed by atoms with Gasteiger partial charge in [-0.1, -0.05) is 31.2 Å². The molecule has 0 saturated heterocycles. The van der Waals surface area contributed by atoms with Crippen LogP contribution in [0.15, 0.2) is 52.9 Å². The molecule has 0 amide bonds. The lowest BCUT2D eigenvalue weighted by Crippen LogP contribution is -2.37. The van der Waals surface area contributed by atoms with E-state index in [2.05, 4.69) is 17.2 Å². The Morgan fingerprint density at radius 3 is 2.61 bits per heavy atom. The van der Waals surface area contributed by atoms with Gasteiger partial charge in [0.15, 0.2) is 17.1 Å². The number of para-hydroxylation sites is 2. The van der Waals surface area contributed by atoms with Gasteiger partial charge in [-0.2, -0.15) is 0 Å². The first-order valence-electron chi connectivity index (χ1n) is 10.9. The molecular formula is C25H32N2O4. The molecule has 0 aliphatic carbocycles. The van der Waals surface area contributed by atoms with E-state index < -0.39 is 11.6 Å². The Labute approximate surface area is 183 Å². The first-order valence-corrected chi connectivity index (χ1v) is 10.9. The van der Waals surface area contributed by atoms with Crippen molar-refractivity contribution in [1.29, 1.82) is 0 Å².